The van der Waals surface area contributed by atoms with Gasteiger partial charge in [0.15, 0.2) is 0 Å². The summed E-state index contributed by atoms with van der Waals surface area (Å²) >= 11 is 0. The first-order valence-electron chi connectivity index (χ1n) is 3.27. The van der Waals surface area contributed by atoms with Gasteiger partial charge in [-0.25, -0.2) is 4.79 Å². The maximum atomic E-state index is 10.7. The van der Waals surface area contributed by atoms with Crippen LogP contribution in [0.15, 0.2) is 39.5 Å². The number of hydrogen-bond acceptors (Lipinski definition) is 2. The fourth-order valence-electron chi connectivity index (χ4n) is 0.947. The minimum atomic E-state index is -0.333. The molecule has 1 radical (unpaired) electrons. The first-order valence-corrected chi connectivity index (χ1v) is 3.27. The van der Waals surface area contributed by atoms with Gasteiger partial charge in [-0.3, -0.25) is 0 Å². The molecular weight excluding hydrogens is 140 g/mol. The van der Waals surface area contributed by atoms with E-state index in [-0.39, 0.29) is 5.63 Å². The third-order valence-electron chi connectivity index (χ3n) is 1.45. The van der Waals surface area contributed by atoms with E-state index in [1.165, 1.54) is 6.07 Å². The molecule has 1 aromatic carbocycles. The van der Waals surface area contributed by atoms with Crippen molar-refractivity contribution in [3.8, 4) is 0 Å². The topological polar surface area (TPSA) is 30.2 Å². The fourth-order valence-corrected chi connectivity index (χ4v) is 0.947. The van der Waals surface area contributed by atoms with Gasteiger partial charge in [-0.2, -0.15) is 0 Å². The van der Waals surface area contributed by atoms with Crippen LogP contribution in [0.25, 0.3) is 11.0 Å². The van der Waals surface area contributed by atoms with Crippen LogP contribution in [-0.4, -0.2) is 0 Å². The molecule has 0 N–H and O–H groups in total. The van der Waals surface area contributed by atoms with Crippen LogP contribution < -0.4 is 5.63 Å². The zero-order valence-electron chi connectivity index (χ0n) is 5.70. The summed E-state index contributed by atoms with van der Waals surface area (Å²) in [5.74, 6) is 0. The second kappa shape index (κ2) is 2.23. The zero-order chi connectivity index (χ0) is 7.68. The van der Waals surface area contributed by atoms with Gasteiger partial charge in [-0.15, -0.1) is 0 Å². The van der Waals surface area contributed by atoms with Crippen molar-refractivity contribution in [2.24, 2.45) is 0 Å². The van der Waals surface area contributed by atoms with Crippen LogP contribution >= 0.6 is 0 Å². The summed E-state index contributed by atoms with van der Waals surface area (Å²) in [5.41, 5.74) is 0.181. The molecular formula is C9H5O2. The molecule has 1 aromatic heterocycles. The zero-order valence-corrected chi connectivity index (χ0v) is 5.70. The van der Waals surface area contributed by atoms with E-state index < -0.39 is 0 Å². The second-order valence-electron chi connectivity index (χ2n) is 2.21. The van der Waals surface area contributed by atoms with E-state index >= 15 is 0 Å². The first-order chi connectivity index (χ1) is 5.36. The number of para-hydroxylation sites is 1. The monoisotopic (exact) mass is 145 g/mol. The van der Waals surface area contributed by atoms with Crippen molar-refractivity contribution in [2.45, 2.75) is 0 Å². The van der Waals surface area contributed by atoms with Crippen molar-refractivity contribution in [1.82, 2.24) is 0 Å². The molecule has 2 aromatic rings. The van der Waals surface area contributed by atoms with E-state index in [2.05, 4.69) is 6.07 Å². The van der Waals surface area contributed by atoms with Gasteiger partial charge in [0, 0.05) is 17.5 Å². The molecule has 0 atom stereocenters. The number of fused-ring (bicyclic) bond motifs is 1. The van der Waals surface area contributed by atoms with Crippen LogP contribution in [0.2, 0.25) is 0 Å². The molecule has 0 aliphatic heterocycles. The summed E-state index contributed by atoms with van der Waals surface area (Å²) < 4.78 is 4.85. The highest BCUT2D eigenvalue weighted by molar-refractivity contribution is 5.75. The Kier molecular flexibility index (Phi) is 1.25. The van der Waals surface area contributed by atoms with E-state index in [1.54, 1.807) is 12.1 Å². The average Bonchev–Trinajstić information content (AvgIpc) is 2.04. The molecule has 2 heteroatoms. The van der Waals surface area contributed by atoms with Gasteiger partial charge in [0.25, 0.3) is 0 Å². The number of rotatable bonds is 0. The van der Waals surface area contributed by atoms with E-state index in [0.29, 0.717) is 5.58 Å². The molecule has 0 aliphatic rings. The van der Waals surface area contributed by atoms with Gasteiger partial charge < -0.3 is 4.42 Å². The Hall–Kier alpha value is -1.57. The SMILES string of the molecule is O=c1ccc2ccc[c]c2o1. The minimum Gasteiger partial charge on any atom is -0.422 e. The Morgan fingerprint density at radius 1 is 1.27 bits per heavy atom. The lowest BCUT2D eigenvalue weighted by Gasteiger charge is -1.90. The maximum absolute atomic E-state index is 10.7. The van der Waals surface area contributed by atoms with Crippen LogP contribution in [0, 0.1) is 6.07 Å². The summed E-state index contributed by atoms with van der Waals surface area (Å²) in [7, 11) is 0. The summed E-state index contributed by atoms with van der Waals surface area (Å²) in [6, 6.07) is 11.4. The third-order valence-corrected chi connectivity index (χ3v) is 1.45. The Balaban J connectivity index is 2.94. The Labute approximate surface area is 63.1 Å². The fraction of sp³-hybridized carbons (Fsp3) is 0. The second-order valence-corrected chi connectivity index (χ2v) is 2.21. The largest absolute Gasteiger partial charge is 0.422 e. The van der Waals surface area contributed by atoms with Crippen molar-refractivity contribution in [3.05, 3.63) is 46.8 Å². The maximum Gasteiger partial charge on any atom is 0.336 e. The molecule has 0 saturated heterocycles. The lowest BCUT2D eigenvalue weighted by molar-refractivity contribution is 0.560. The third kappa shape index (κ3) is 1.03. The van der Waals surface area contributed by atoms with Gasteiger partial charge in [0.1, 0.15) is 5.58 Å². The van der Waals surface area contributed by atoms with Crippen LogP contribution in [-0.2, 0) is 0 Å². The molecule has 0 amide bonds. The van der Waals surface area contributed by atoms with Crippen molar-refractivity contribution >= 4 is 11.0 Å². The van der Waals surface area contributed by atoms with Gasteiger partial charge in [-0.1, -0.05) is 18.2 Å². The molecule has 1 heterocycles. The van der Waals surface area contributed by atoms with E-state index in [4.69, 9.17) is 4.42 Å². The summed E-state index contributed by atoms with van der Waals surface area (Å²) in [4.78, 5) is 10.7. The van der Waals surface area contributed by atoms with Gasteiger partial charge in [-0.05, 0) is 6.07 Å². The predicted octanol–water partition coefficient (Wildman–Crippen LogP) is 1.59. The molecule has 0 bridgehead atoms. The van der Waals surface area contributed by atoms with Crippen molar-refractivity contribution in [3.63, 3.8) is 0 Å². The van der Waals surface area contributed by atoms with Gasteiger partial charge >= 0.3 is 5.63 Å². The summed E-state index contributed by atoms with van der Waals surface area (Å²) in [6.45, 7) is 0. The summed E-state index contributed by atoms with van der Waals surface area (Å²) in [5, 5.41) is 0.895. The first kappa shape index (κ1) is 6.16. The smallest absolute Gasteiger partial charge is 0.336 e. The van der Waals surface area contributed by atoms with Crippen LogP contribution in [0.1, 0.15) is 0 Å². The molecule has 11 heavy (non-hydrogen) atoms. The van der Waals surface area contributed by atoms with Crippen molar-refractivity contribution < 1.29 is 4.42 Å². The quantitative estimate of drug-likeness (QED) is 0.527. The molecule has 0 fully saturated rings. The van der Waals surface area contributed by atoms with Crippen LogP contribution in [0.5, 0.6) is 0 Å². The Morgan fingerprint density at radius 3 is 3.09 bits per heavy atom. The van der Waals surface area contributed by atoms with Gasteiger partial charge in [0.05, 0.1) is 0 Å². The van der Waals surface area contributed by atoms with E-state index in [0.717, 1.165) is 5.39 Å². The number of benzene rings is 1. The van der Waals surface area contributed by atoms with E-state index in [1.807, 2.05) is 12.1 Å². The average molecular weight is 145 g/mol. The molecule has 0 unspecified atom stereocenters. The summed E-state index contributed by atoms with van der Waals surface area (Å²) in [6.07, 6.45) is 0. The highest BCUT2D eigenvalue weighted by Gasteiger charge is 1.92. The van der Waals surface area contributed by atoms with Gasteiger partial charge in [0.2, 0.25) is 0 Å². The van der Waals surface area contributed by atoms with E-state index in [9.17, 15) is 4.79 Å². The minimum absolute atomic E-state index is 0.333. The Bertz CT molecular complexity index is 429. The van der Waals surface area contributed by atoms with Crippen LogP contribution in [0.3, 0.4) is 0 Å². The molecule has 2 rings (SSSR count). The normalized spacial score (nSPS) is 10.2. The lowest BCUT2D eigenvalue weighted by Crippen LogP contribution is -1.93. The standard InChI is InChI=1S/C9H5O2/c10-9-6-5-7-3-1-2-4-8(7)11-9/h1-3,5-6H. The molecule has 53 valence electrons. The number of hydrogen-bond donors (Lipinski definition) is 0. The molecule has 0 saturated carbocycles. The molecule has 2 nitrogen and oxygen atoms in total. The Morgan fingerprint density at radius 2 is 2.18 bits per heavy atom. The highest BCUT2D eigenvalue weighted by atomic mass is 16.4. The van der Waals surface area contributed by atoms with Crippen molar-refractivity contribution in [2.75, 3.05) is 0 Å². The van der Waals surface area contributed by atoms with Crippen LogP contribution in [0.4, 0.5) is 0 Å². The molecule has 0 spiro atoms. The molecule has 0 aliphatic carbocycles. The highest BCUT2D eigenvalue weighted by Crippen LogP contribution is 2.08. The predicted molar refractivity (Wildman–Crippen MR) is 41.3 cm³/mol. The lowest BCUT2D eigenvalue weighted by atomic mass is 10.2. The van der Waals surface area contributed by atoms with Crippen molar-refractivity contribution in [1.29, 1.82) is 0 Å².